The molecule has 1 fully saturated rings. The van der Waals surface area contributed by atoms with Crippen molar-refractivity contribution >= 4 is 11.6 Å². The highest BCUT2D eigenvalue weighted by Gasteiger charge is 2.25. The van der Waals surface area contributed by atoms with E-state index in [1.165, 1.54) is 32.0 Å². The minimum atomic E-state index is 0.411. The van der Waals surface area contributed by atoms with Crippen LogP contribution in [0.1, 0.15) is 32.6 Å². The molecule has 5 heteroatoms. The highest BCUT2D eigenvalue weighted by atomic mass is 16.5. The number of methoxy groups -OCH3 is 1. The number of hydrogen-bond acceptors (Lipinski definition) is 5. The Balaban J connectivity index is 2.32. The molecule has 5 nitrogen and oxygen atoms in total. The van der Waals surface area contributed by atoms with Gasteiger partial charge in [0.15, 0.2) is 11.6 Å². The summed E-state index contributed by atoms with van der Waals surface area (Å²) in [6.07, 6.45) is 6.54. The van der Waals surface area contributed by atoms with Gasteiger partial charge in [0, 0.05) is 12.6 Å². The van der Waals surface area contributed by atoms with Crippen molar-refractivity contribution in [1.82, 2.24) is 9.97 Å². The summed E-state index contributed by atoms with van der Waals surface area (Å²) in [7, 11) is 1.61. The third kappa shape index (κ3) is 2.28. The number of aromatic nitrogens is 2. The molecule has 2 rings (SSSR count). The molecule has 0 radical (unpaired) electrons. The molecule has 0 unspecified atom stereocenters. The minimum absolute atomic E-state index is 0.411. The normalized spacial score (nSPS) is 16.1. The molecule has 1 saturated carbocycles. The molecule has 0 amide bonds. The van der Waals surface area contributed by atoms with Crippen LogP contribution in [0.25, 0.3) is 0 Å². The number of rotatable bonds is 4. The van der Waals surface area contributed by atoms with Crippen molar-refractivity contribution in [3.63, 3.8) is 0 Å². The molecule has 0 bridgehead atoms. The molecular weight excluding hydrogens is 216 g/mol. The van der Waals surface area contributed by atoms with Gasteiger partial charge in [-0.1, -0.05) is 12.8 Å². The number of nitrogens with two attached hydrogens (primary N) is 1. The molecule has 0 saturated heterocycles. The van der Waals surface area contributed by atoms with Crippen LogP contribution in [0, 0.1) is 0 Å². The maximum atomic E-state index is 5.82. The van der Waals surface area contributed by atoms with E-state index >= 15 is 0 Å². The topological polar surface area (TPSA) is 64.3 Å². The Bertz CT molecular complexity index is 377. The van der Waals surface area contributed by atoms with Crippen LogP contribution in [0.2, 0.25) is 0 Å². The van der Waals surface area contributed by atoms with Crippen LogP contribution in [0.3, 0.4) is 0 Å². The first kappa shape index (κ1) is 12.0. The lowest BCUT2D eigenvalue weighted by Gasteiger charge is -2.29. The Morgan fingerprint density at radius 1 is 1.41 bits per heavy atom. The van der Waals surface area contributed by atoms with Gasteiger partial charge in [-0.2, -0.15) is 0 Å². The van der Waals surface area contributed by atoms with Gasteiger partial charge in [0.2, 0.25) is 5.75 Å². The molecule has 17 heavy (non-hydrogen) atoms. The standard InChI is InChI=1S/C12H20N4O/c1-3-16(9-6-4-5-7-9)12-10(17-2)11(13)14-8-15-12/h8-9H,3-7H2,1-2H3,(H2,13,14,15). The summed E-state index contributed by atoms with van der Waals surface area (Å²) in [4.78, 5) is 10.6. The summed E-state index contributed by atoms with van der Waals surface area (Å²) in [5.41, 5.74) is 5.82. The zero-order chi connectivity index (χ0) is 12.3. The van der Waals surface area contributed by atoms with Crippen LogP contribution in [-0.4, -0.2) is 29.7 Å². The molecule has 0 aromatic carbocycles. The molecule has 1 heterocycles. The van der Waals surface area contributed by atoms with Gasteiger partial charge in [-0.3, -0.25) is 0 Å². The second kappa shape index (κ2) is 5.21. The maximum absolute atomic E-state index is 5.82. The van der Waals surface area contributed by atoms with Crippen molar-refractivity contribution in [3.8, 4) is 5.75 Å². The van der Waals surface area contributed by atoms with Gasteiger partial charge >= 0.3 is 0 Å². The third-order valence-corrected chi connectivity index (χ3v) is 3.39. The van der Waals surface area contributed by atoms with E-state index in [9.17, 15) is 0 Å². The maximum Gasteiger partial charge on any atom is 0.204 e. The van der Waals surface area contributed by atoms with Crippen LogP contribution in [-0.2, 0) is 0 Å². The summed E-state index contributed by atoms with van der Waals surface area (Å²) in [5.74, 6) is 1.84. The monoisotopic (exact) mass is 236 g/mol. The number of anilines is 2. The first-order valence-electron chi connectivity index (χ1n) is 6.19. The largest absolute Gasteiger partial charge is 0.490 e. The van der Waals surface area contributed by atoms with E-state index in [2.05, 4.69) is 21.8 Å². The van der Waals surface area contributed by atoms with Crippen molar-refractivity contribution in [2.24, 2.45) is 0 Å². The summed E-state index contributed by atoms with van der Waals surface area (Å²) in [6.45, 7) is 3.05. The number of ether oxygens (including phenoxy) is 1. The SMILES string of the molecule is CCN(c1ncnc(N)c1OC)C1CCCC1. The summed E-state index contributed by atoms with van der Waals surface area (Å²) < 4.78 is 5.33. The van der Waals surface area contributed by atoms with Gasteiger partial charge in [0.25, 0.3) is 0 Å². The predicted octanol–water partition coefficient (Wildman–Crippen LogP) is 1.84. The van der Waals surface area contributed by atoms with Gasteiger partial charge < -0.3 is 15.4 Å². The molecule has 94 valence electrons. The van der Waals surface area contributed by atoms with E-state index in [1.54, 1.807) is 7.11 Å². The Kier molecular flexibility index (Phi) is 3.66. The van der Waals surface area contributed by atoms with Crippen LogP contribution < -0.4 is 15.4 Å². The second-order valence-electron chi connectivity index (χ2n) is 4.34. The van der Waals surface area contributed by atoms with Gasteiger partial charge in [0.1, 0.15) is 6.33 Å². The van der Waals surface area contributed by atoms with Crippen LogP contribution in [0.4, 0.5) is 11.6 Å². The van der Waals surface area contributed by atoms with E-state index in [0.717, 1.165) is 12.4 Å². The molecule has 0 spiro atoms. The van der Waals surface area contributed by atoms with Crippen molar-refractivity contribution in [2.75, 3.05) is 24.3 Å². The molecule has 1 aromatic heterocycles. The Hall–Kier alpha value is -1.52. The van der Waals surface area contributed by atoms with Gasteiger partial charge in [-0.15, -0.1) is 0 Å². The van der Waals surface area contributed by atoms with Crippen molar-refractivity contribution in [1.29, 1.82) is 0 Å². The lowest BCUT2D eigenvalue weighted by Crippen LogP contribution is -2.34. The summed E-state index contributed by atoms with van der Waals surface area (Å²) >= 11 is 0. The average Bonchev–Trinajstić information content (AvgIpc) is 2.84. The molecule has 0 aliphatic heterocycles. The van der Waals surface area contributed by atoms with E-state index < -0.39 is 0 Å². The number of nitrogens with zero attached hydrogens (tertiary/aromatic N) is 3. The third-order valence-electron chi connectivity index (χ3n) is 3.39. The fraction of sp³-hybridized carbons (Fsp3) is 0.667. The fourth-order valence-electron chi connectivity index (χ4n) is 2.57. The number of nitrogen functional groups attached to an aromatic ring is 1. The molecule has 0 atom stereocenters. The van der Waals surface area contributed by atoms with Crippen molar-refractivity contribution in [2.45, 2.75) is 38.6 Å². The first-order valence-corrected chi connectivity index (χ1v) is 6.19. The highest BCUT2D eigenvalue weighted by Crippen LogP contribution is 2.34. The van der Waals surface area contributed by atoms with Crippen LogP contribution >= 0.6 is 0 Å². The lowest BCUT2D eigenvalue weighted by molar-refractivity contribution is 0.410. The minimum Gasteiger partial charge on any atom is -0.490 e. The Labute approximate surface area is 102 Å². The van der Waals surface area contributed by atoms with Crippen LogP contribution in [0.15, 0.2) is 6.33 Å². The molecule has 1 aliphatic carbocycles. The zero-order valence-corrected chi connectivity index (χ0v) is 10.5. The van der Waals surface area contributed by atoms with E-state index in [0.29, 0.717) is 17.6 Å². The van der Waals surface area contributed by atoms with E-state index in [-0.39, 0.29) is 0 Å². The highest BCUT2D eigenvalue weighted by molar-refractivity contribution is 5.63. The molecular formula is C12H20N4O. The Morgan fingerprint density at radius 2 is 2.12 bits per heavy atom. The fourth-order valence-corrected chi connectivity index (χ4v) is 2.57. The van der Waals surface area contributed by atoms with Gasteiger partial charge in [0.05, 0.1) is 7.11 Å². The Morgan fingerprint density at radius 3 is 2.71 bits per heavy atom. The van der Waals surface area contributed by atoms with Crippen molar-refractivity contribution < 1.29 is 4.74 Å². The lowest BCUT2D eigenvalue weighted by atomic mass is 10.2. The first-order chi connectivity index (χ1) is 8.27. The van der Waals surface area contributed by atoms with Crippen molar-refractivity contribution in [3.05, 3.63) is 6.33 Å². The van der Waals surface area contributed by atoms with Gasteiger partial charge in [-0.25, -0.2) is 9.97 Å². The molecule has 2 N–H and O–H groups in total. The van der Waals surface area contributed by atoms with Crippen LogP contribution in [0.5, 0.6) is 5.75 Å². The predicted molar refractivity (Wildman–Crippen MR) is 68.3 cm³/mol. The van der Waals surface area contributed by atoms with E-state index in [4.69, 9.17) is 10.5 Å². The molecule has 1 aromatic rings. The average molecular weight is 236 g/mol. The van der Waals surface area contributed by atoms with Gasteiger partial charge in [-0.05, 0) is 19.8 Å². The number of hydrogen-bond donors (Lipinski definition) is 1. The molecule has 1 aliphatic rings. The summed E-state index contributed by atoms with van der Waals surface area (Å²) in [6, 6.07) is 0.559. The zero-order valence-electron chi connectivity index (χ0n) is 10.5. The second-order valence-corrected chi connectivity index (χ2v) is 4.34. The smallest absolute Gasteiger partial charge is 0.204 e. The quantitative estimate of drug-likeness (QED) is 0.864. The summed E-state index contributed by atoms with van der Waals surface area (Å²) in [5, 5.41) is 0. The van der Waals surface area contributed by atoms with E-state index in [1.807, 2.05) is 0 Å².